The van der Waals surface area contributed by atoms with E-state index >= 15 is 0 Å². The van der Waals surface area contributed by atoms with Crippen LogP contribution in [0.15, 0.2) is 0 Å². The molecule has 9 heteroatoms. The normalized spacial score (nSPS) is 26.1. The maximum absolute atomic E-state index is 11.3. The van der Waals surface area contributed by atoms with E-state index in [1.165, 1.54) is 0 Å². The summed E-state index contributed by atoms with van der Waals surface area (Å²) < 4.78 is 34.7. The van der Waals surface area contributed by atoms with Gasteiger partial charge >= 0.3 is 10.3 Å². The quantitative estimate of drug-likeness (QED) is 0.337. The Bertz CT molecular complexity index is 404. The van der Waals surface area contributed by atoms with Crippen LogP contribution in [0.25, 0.3) is 0 Å². The van der Waals surface area contributed by atoms with Gasteiger partial charge in [-0.15, -0.1) is 0 Å². The zero-order valence-electron chi connectivity index (χ0n) is 8.05. The molecule has 0 aromatic rings. The molecule has 0 spiro atoms. The van der Waals surface area contributed by atoms with E-state index in [2.05, 4.69) is 5.32 Å². The van der Waals surface area contributed by atoms with Crippen LogP contribution in [0.4, 0.5) is 0 Å². The number of hydrogen-bond donors (Lipinski definition) is 2. The first-order chi connectivity index (χ1) is 6.73. The lowest BCUT2D eigenvalue weighted by Gasteiger charge is -2.44. The summed E-state index contributed by atoms with van der Waals surface area (Å²) in [4.78, 5) is 22.1. The van der Waals surface area contributed by atoms with Crippen LogP contribution in [0, 0.1) is 0 Å². The van der Waals surface area contributed by atoms with Gasteiger partial charge in [0.1, 0.15) is 0 Å². The molecule has 0 aromatic carbocycles. The summed E-state index contributed by atoms with van der Waals surface area (Å²) in [6, 6.07) is 0. The minimum atomic E-state index is -4.58. The van der Waals surface area contributed by atoms with Gasteiger partial charge in [0.25, 0.3) is 5.91 Å². The van der Waals surface area contributed by atoms with Crippen molar-refractivity contribution in [3.8, 4) is 0 Å². The van der Waals surface area contributed by atoms with Gasteiger partial charge in [-0.05, 0) is 0 Å². The molecular formula is C6H10N2O6S. The molecule has 2 N–H and O–H groups in total. The highest BCUT2D eigenvalue weighted by Gasteiger charge is 2.58. The van der Waals surface area contributed by atoms with E-state index in [0.29, 0.717) is 0 Å². The predicted molar refractivity (Wildman–Crippen MR) is 46.8 cm³/mol. The second-order valence-electron chi connectivity index (χ2n) is 3.00. The Morgan fingerprint density at radius 1 is 1.67 bits per heavy atom. The van der Waals surface area contributed by atoms with Crippen LogP contribution < -0.4 is 5.32 Å². The summed E-state index contributed by atoms with van der Waals surface area (Å²) in [5.74, 6) is -1.57. The molecule has 0 bridgehead atoms. The van der Waals surface area contributed by atoms with Crippen LogP contribution in [-0.4, -0.2) is 48.5 Å². The molecule has 15 heavy (non-hydrogen) atoms. The summed E-state index contributed by atoms with van der Waals surface area (Å²) in [6.45, 7) is 0.713. The molecule has 1 atom stereocenters. The highest BCUT2D eigenvalue weighted by atomic mass is 32.2. The maximum Gasteiger partial charge on any atom is 0.362 e. The lowest BCUT2D eigenvalue weighted by Crippen LogP contribution is -2.75. The largest absolute Gasteiger partial charge is 0.362 e. The van der Waals surface area contributed by atoms with Crippen molar-refractivity contribution in [3.63, 3.8) is 0 Å². The zero-order valence-corrected chi connectivity index (χ0v) is 8.87. The second kappa shape index (κ2) is 3.43. The molecule has 0 saturated carbocycles. The molecule has 8 nitrogen and oxygen atoms in total. The van der Waals surface area contributed by atoms with Crippen molar-refractivity contribution in [2.75, 3.05) is 13.7 Å². The number of methoxy groups -OCH3 is 1. The van der Waals surface area contributed by atoms with Gasteiger partial charge in [0.05, 0.1) is 6.54 Å². The van der Waals surface area contributed by atoms with Crippen LogP contribution in [0.5, 0.6) is 0 Å². The number of amides is 2. The van der Waals surface area contributed by atoms with Crippen molar-refractivity contribution in [1.82, 2.24) is 9.62 Å². The first-order valence-corrected chi connectivity index (χ1v) is 5.26. The first-order valence-electron chi connectivity index (χ1n) is 3.86. The standard InChI is InChI=1S/C6H10N2O6S/c1-4(9)7-6(14-2)3-8(5(6)10)15(11,12)13/h3H2,1-2H3,(H,7,9)(H,11,12,13). The third-order valence-electron chi connectivity index (χ3n) is 1.94. The topological polar surface area (TPSA) is 113 Å². The number of nitrogens with one attached hydrogen (secondary N) is 1. The van der Waals surface area contributed by atoms with Crippen molar-refractivity contribution in [3.05, 3.63) is 0 Å². The van der Waals surface area contributed by atoms with Crippen LogP contribution in [0.2, 0.25) is 0 Å². The Kier molecular flexibility index (Phi) is 2.72. The highest BCUT2D eigenvalue weighted by molar-refractivity contribution is 7.84. The van der Waals surface area contributed by atoms with Gasteiger partial charge in [0, 0.05) is 14.0 Å². The maximum atomic E-state index is 11.3. The van der Waals surface area contributed by atoms with E-state index in [0.717, 1.165) is 14.0 Å². The summed E-state index contributed by atoms with van der Waals surface area (Å²) in [5, 5.41) is 2.17. The Balaban J connectivity index is 2.86. The third-order valence-corrected chi connectivity index (χ3v) is 2.80. The first kappa shape index (κ1) is 11.9. The molecule has 1 heterocycles. The number of carbonyl (C=O) groups is 2. The van der Waals surface area contributed by atoms with E-state index in [1.54, 1.807) is 0 Å². The molecule has 1 unspecified atom stereocenters. The number of ether oxygens (including phenoxy) is 1. The van der Waals surface area contributed by atoms with Crippen LogP contribution >= 0.6 is 0 Å². The Morgan fingerprint density at radius 3 is 2.47 bits per heavy atom. The minimum absolute atomic E-state index is 0.201. The van der Waals surface area contributed by atoms with Crippen molar-refractivity contribution in [2.24, 2.45) is 0 Å². The average molecular weight is 238 g/mol. The lowest BCUT2D eigenvalue weighted by atomic mass is 10.1. The SMILES string of the molecule is COC1(NC(C)=O)CN(S(=O)(=O)O)C1=O. The molecule has 86 valence electrons. The molecule has 1 saturated heterocycles. The number of nitrogens with zero attached hydrogens (tertiary/aromatic N) is 1. The highest BCUT2D eigenvalue weighted by Crippen LogP contribution is 2.25. The summed E-state index contributed by atoms with van der Waals surface area (Å²) >= 11 is 0. The Hall–Kier alpha value is -1.19. The summed E-state index contributed by atoms with van der Waals surface area (Å²) in [6.07, 6.45) is 0. The van der Waals surface area contributed by atoms with Gasteiger partial charge in [-0.2, -0.15) is 8.42 Å². The van der Waals surface area contributed by atoms with E-state index in [4.69, 9.17) is 9.29 Å². The molecule has 0 radical (unpaired) electrons. The van der Waals surface area contributed by atoms with Crippen molar-refractivity contribution in [2.45, 2.75) is 12.6 Å². The Labute approximate surface area is 86.1 Å². The molecule has 1 fully saturated rings. The van der Waals surface area contributed by atoms with Crippen molar-refractivity contribution >= 4 is 22.1 Å². The fraction of sp³-hybridized carbons (Fsp3) is 0.667. The van der Waals surface area contributed by atoms with Crippen molar-refractivity contribution < 1.29 is 27.3 Å². The molecule has 0 aliphatic carbocycles. The fourth-order valence-corrected chi connectivity index (χ4v) is 1.92. The minimum Gasteiger partial charge on any atom is -0.349 e. The number of hydrogen-bond acceptors (Lipinski definition) is 5. The van der Waals surface area contributed by atoms with E-state index < -0.39 is 34.4 Å². The molecule has 0 aromatic heterocycles. The molecule has 2 amide bonds. The Morgan fingerprint density at radius 2 is 2.20 bits per heavy atom. The third kappa shape index (κ3) is 1.94. The fourth-order valence-electron chi connectivity index (χ4n) is 1.22. The van der Waals surface area contributed by atoms with Gasteiger partial charge in [0.15, 0.2) is 0 Å². The van der Waals surface area contributed by atoms with Crippen LogP contribution in [0.3, 0.4) is 0 Å². The molecule has 1 aliphatic rings. The van der Waals surface area contributed by atoms with Gasteiger partial charge in [-0.25, -0.2) is 4.31 Å². The zero-order chi connectivity index (χ0) is 11.9. The van der Waals surface area contributed by atoms with Crippen LogP contribution in [0.1, 0.15) is 6.92 Å². The second-order valence-corrected chi connectivity index (χ2v) is 4.34. The van der Waals surface area contributed by atoms with Gasteiger partial charge in [0.2, 0.25) is 11.6 Å². The van der Waals surface area contributed by atoms with Crippen molar-refractivity contribution in [1.29, 1.82) is 0 Å². The van der Waals surface area contributed by atoms with E-state index in [-0.39, 0.29) is 4.31 Å². The smallest absolute Gasteiger partial charge is 0.349 e. The predicted octanol–water partition coefficient (Wildman–Crippen LogP) is -1.89. The van der Waals surface area contributed by atoms with E-state index in [1.807, 2.05) is 0 Å². The van der Waals surface area contributed by atoms with Gasteiger partial charge in [-0.3, -0.25) is 14.1 Å². The summed E-state index contributed by atoms with van der Waals surface area (Å²) in [5.41, 5.74) is -1.68. The lowest BCUT2D eigenvalue weighted by molar-refractivity contribution is -0.179. The number of carbonyl (C=O) groups excluding carboxylic acids is 2. The molecular weight excluding hydrogens is 228 g/mol. The molecule has 1 rings (SSSR count). The number of β-lactam (4-membered cyclic amide) rings is 1. The number of rotatable bonds is 3. The van der Waals surface area contributed by atoms with Crippen LogP contribution in [-0.2, 0) is 24.6 Å². The summed E-state index contributed by atoms with van der Waals surface area (Å²) in [7, 11) is -3.43. The van der Waals surface area contributed by atoms with E-state index in [9.17, 15) is 18.0 Å². The van der Waals surface area contributed by atoms with Gasteiger partial charge in [-0.1, -0.05) is 0 Å². The monoisotopic (exact) mass is 238 g/mol. The van der Waals surface area contributed by atoms with Gasteiger partial charge < -0.3 is 10.1 Å². The molecule has 1 aliphatic heterocycles. The average Bonchev–Trinajstić information content (AvgIpc) is 2.08.